The lowest BCUT2D eigenvalue weighted by atomic mass is 9.82. The van der Waals surface area contributed by atoms with E-state index in [-0.39, 0.29) is 24.9 Å². The summed E-state index contributed by atoms with van der Waals surface area (Å²) < 4.78 is 0. The molecule has 22 heavy (non-hydrogen) atoms. The first-order valence-electron chi connectivity index (χ1n) is 7.27. The number of aliphatic carboxylic acids is 1. The average molecular weight is 304 g/mol. The largest absolute Gasteiger partial charge is 0.481 e. The molecule has 1 fully saturated rings. The zero-order valence-electron chi connectivity index (χ0n) is 12.5. The van der Waals surface area contributed by atoms with Gasteiger partial charge in [0.1, 0.15) is 0 Å². The summed E-state index contributed by atoms with van der Waals surface area (Å²) in [6, 6.07) is 8.64. The molecule has 2 amide bonds. The van der Waals surface area contributed by atoms with Crippen LogP contribution in [0.4, 0.5) is 0 Å². The topological polar surface area (TPSA) is 86.7 Å². The third-order valence-electron chi connectivity index (χ3n) is 4.00. The molecule has 1 heterocycles. The van der Waals surface area contributed by atoms with E-state index in [9.17, 15) is 19.5 Å². The fourth-order valence-corrected chi connectivity index (χ4v) is 2.59. The first-order valence-corrected chi connectivity index (χ1v) is 7.27. The lowest BCUT2D eigenvalue weighted by Gasteiger charge is -2.37. The number of carboxylic acids is 1. The number of benzene rings is 1. The van der Waals surface area contributed by atoms with Gasteiger partial charge in [0.2, 0.25) is 5.91 Å². The van der Waals surface area contributed by atoms with Gasteiger partial charge >= 0.3 is 5.97 Å². The summed E-state index contributed by atoms with van der Waals surface area (Å²) in [5.41, 5.74) is -0.415. The van der Waals surface area contributed by atoms with Crippen LogP contribution in [0.1, 0.15) is 30.1 Å². The number of hydrogen-bond acceptors (Lipinski definition) is 3. The quantitative estimate of drug-likeness (QED) is 0.873. The second-order valence-electron chi connectivity index (χ2n) is 5.83. The highest BCUT2D eigenvalue weighted by atomic mass is 16.4. The number of nitrogens with zero attached hydrogens (tertiary/aromatic N) is 1. The van der Waals surface area contributed by atoms with Gasteiger partial charge in [0.25, 0.3) is 5.91 Å². The third-order valence-corrected chi connectivity index (χ3v) is 4.00. The smallest absolute Gasteiger partial charge is 0.311 e. The zero-order valence-corrected chi connectivity index (χ0v) is 12.5. The minimum atomic E-state index is -0.905. The Morgan fingerprint density at radius 1 is 1.27 bits per heavy atom. The van der Waals surface area contributed by atoms with E-state index in [0.29, 0.717) is 24.9 Å². The lowest BCUT2D eigenvalue weighted by molar-refractivity contribution is -0.153. The van der Waals surface area contributed by atoms with Crippen molar-refractivity contribution in [2.75, 3.05) is 19.6 Å². The molecule has 0 aromatic heterocycles. The maximum absolute atomic E-state index is 12.2. The molecule has 0 radical (unpaired) electrons. The number of carbonyl (C=O) groups is 3. The maximum atomic E-state index is 12.2. The highest BCUT2D eigenvalue weighted by Crippen LogP contribution is 2.29. The molecule has 6 heteroatoms. The molecule has 0 saturated carbocycles. The van der Waals surface area contributed by atoms with E-state index >= 15 is 0 Å². The Morgan fingerprint density at radius 2 is 1.95 bits per heavy atom. The van der Waals surface area contributed by atoms with Crippen LogP contribution in [0.15, 0.2) is 30.3 Å². The van der Waals surface area contributed by atoms with Crippen LogP contribution >= 0.6 is 0 Å². The van der Waals surface area contributed by atoms with Crippen molar-refractivity contribution >= 4 is 17.8 Å². The molecule has 2 rings (SSSR count). The Kier molecular flexibility index (Phi) is 4.80. The van der Waals surface area contributed by atoms with E-state index < -0.39 is 11.4 Å². The molecule has 1 aromatic carbocycles. The number of rotatable bonds is 4. The van der Waals surface area contributed by atoms with Crippen LogP contribution in [-0.2, 0) is 9.59 Å². The van der Waals surface area contributed by atoms with E-state index in [0.717, 1.165) is 0 Å². The van der Waals surface area contributed by atoms with Gasteiger partial charge in [-0.15, -0.1) is 0 Å². The minimum absolute atomic E-state index is 0.122. The highest BCUT2D eigenvalue weighted by Gasteiger charge is 2.39. The van der Waals surface area contributed by atoms with Crippen LogP contribution in [0.25, 0.3) is 0 Å². The number of piperidine rings is 1. The van der Waals surface area contributed by atoms with Gasteiger partial charge in [-0.1, -0.05) is 18.2 Å². The van der Waals surface area contributed by atoms with Crippen molar-refractivity contribution < 1.29 is 19.5 Å². The Morgan fingerprint density at radius 3 is 2.59 bits per heavy atom. The van der Waals surface area contributed by atoms with E-state index in [1.165, 1.54) is 4.90 Å². The second kappa shape index (κ2) is 6.60. The molecule has 1 unspecified atom stereocenters. The first-order chi connectivity index (χ1) is 10.4. The van der Waals surface area contributed by atoms with E-state index in [2.05, 4.69) is 5.32 Å². The average Bonchev–Trinajstić information content (AvgIpc) is 2.53. The number of amides is 2. The summed E-state index contributed by atoms with van der Waals surface area (Å²) in [7, 11) is 0. The molecule has 0 bridgehead atoms. The minimum Gasteiger partial charge on any atom is -0.481 e. The Bertz CT molecular complexity index is 573. The summed E-state index contributed by atoms with van der Waals surface area (Å²) in [6.07, 6.45) is 1.21. The third kappa shape index (κ3) is 3.63. The number of likely N-dealkylation sites (tertiary alicyclic amines) is 1. The molecule has 1 aromatic rings. The number of carboxylic acid groups (broad SMARTS) is 1. The summed E-state index contributed by atoms with van der Waals surface area (Å²) in [4.78, 5) is 36.9. The Labute approximate surface area is 129 Å². The fourth-order valence-electron chi connectivity index (χ4n) is 2.59. The van der Waals surface area contributed by atoms with Crippen LogP contribution in [0.3, 0.4) is 0 Å². The van der Waals surface area contributed by atoms with Crippen LogP contribution in [-0.4, -0.2) is 47.4 Å². The van der Waals surface area contributed by atoms with Gasteiger partial charge in [-0.2, -0.15) is 0 Å². The second-order valence-corrected chi connectivity index (χ2v) is 5.83. The van der Waals surface area contributed by atoms with Crippen LogP contribution in [0.2, 0.25) is 0 Å². The number of carbonyl (C=O) groups excluding carboxylic acids is 2. The maximum Gasteiger partial charge on any atom is 0.311 e. The standard InChI is InChI=1S/C16H20N2O4/c1-16(15(21)22)8-5-9-18(11-16)13(19)10-17-14(20)12-6-3-2-4-7-12/h2-4,6-7H,5,8-11H2,1H3,(H,17,20)(H,21,22). The number of nitrogens with one attached hydrogen (secondary N) is 1. The van der Waals surface area contributed by atoms with Crippen molar-refractivity contribution in [3.63, 3.8) is 0 Å². The first kappa shape index (κ1) is 16.0. The van der Waals surface area contributed by atoms with E-state index in [1.54, 1.807) is 31.2 Å². The SMILES string of the molecule is CC1(C(=O)O)CCCN(C(=O)CNC(=O)c2ccccc2)C1. The van der Waals surface area contributed by atoms with Gasteiger partial charge in [0.05, 0.1) is 12.0 Å². The summed E-state index contributed by atoms with van der Waals surface area (Å²) >= 11 is 0. The molecule has 0 spiro atoms. The van der Waals surface area contributed by atoms with Gasteiger partial charge in [-0.3, -0.25) is 14.4 Å². The normalized spacial score (nSPS) is 21.2. The highest BCUT2D eigenvalue weighted by molar-refractivity contribution is 5.96. The molecule has 1 aliphatic heterocycles. The molecule has 1 atom stereocenters. The van der Waals surface area contributed by atoms with E-state index in [4.69, 9.17) is 0 Å². The van der Waals surface area contributed by atoms with Crippen LogP contribution < -0.4 is 5.32 Å². The molecule has 1 aliphatic rings. The van der Waals surface area contributed by atoms with Crippen LogP contribution in [0, 0.1) is 5.41 Å². The van der Waals surface area contributed by atoms with Gasteiger partial charge in [-0.05, 0) is 31.9 Å². The van der Waals surface area contributed by atoms with Crippen molar-refractivity contribution in [1.82, 2.24) is 10.2 Å². The Balaban J connectivity index is 1.90. The van der Waals surface area contributed by atoms with Crippen molar-refractivity contribution in [2.45, 2.75) is 19.8 Å². The van der Waals surface area contributed by atoms with Crippen LogP contribution in [0.5, 0.6) is 0 Å². The molecular weight excluding hydrogens is 284 g/mol. The zero-order chi connectivity index (χ0) is 16.2. The van der Waals surface area contributed by atoms with Gasteiger partial charge < -0.3 is 15.3 Å². The predicted octanol–water partition coefficient (Wildman–Crippen LogP) is 1.13. The monoisotopic (exact) mass is 304 g/mol. The fraction of sp³-hybridized carbons (Fsp3) is 0.438. The molecular formula is C16H20N2O4. The van der Waals surface area contributed by atoms with Gasteiger partial charge in [0, 0.05) is 18.7 Å². The predicted molar refractivity (Wildman–Crippen MR) is 80.3 cm³/mol. The molecule has 118 valence electrons. The van der Waals surface area contributed by atoms with Gasteiger partial charge in [0.15, 0.2) is 0 Å². The Hall–Kier alpha value is -2.37. The number of hydrogen-bond donors (Lipinski definition) is 2. The van der Waals surface area contributed by atoms with Crippen molar-refractivity contribution in [3.05, 3.63) is 35.9 Å². The summed E-state index contributed by atoms with van der Waals surface area (Å²) in [5.74, 6) is -1.46. The molecule has 0 aliphatic carbocycles. The van der Waals surface area contributed by atoms with Crippen molar-refractivity contribution in [3.8, 4) is 0 Å². The van der Waals surface area contributed by atoms with Crippen molar-refractivity contribution in [1.29, 1.82) is 0 Å². The molecule has 6 nitrogen and oxygen atoms in total. The summed E-state index contributed by atoms with van der Waals surface area (Å²) in [5, 5.41) is 11.8. The van der Waals surface area contributed by atoms with Crippen molar-refractivity contribution in [2.24, 2.45) is 5.41 Å². The molecule has 2 N–H and O–H groups in total. The summed E-state index contributed by atoms with van der Waals surface area (Å²) in [6.45, 7) is 2.24. The van der Waals surface area contributed by atoms with Gasteiger partial charge in [-0.25, -0.2) is 0 Å². The van der Waals surface area contributed by atoms with E-state index in [1.807, 2.05) is 6.07 Å². The molecule has 1 saturated heterocycles. The lowest BCUT2D eigenvalue weighted by Crippen LogP contribution is -2.50.